The highest BCUT2D eigenvalue weighted by atomic mass is 16.8. The lowest BCUT2D eigenvalue weighted by molar-refractivity contribution is 0.0523. The van der Waals surface area contributed by atoms with E-state index in [1.165, 1.54) is 30.3 Å². The number of hydrogen-bond acceptors (Lipinski definition) is 8. The Kier molecular flexibility index (Phi) is 5.82. The van der Waals surface area contributed by atoms with Gasteiger partial charge in [0.05, 0.1) is 17.9 Å². The average molecular weight is 412 g/mol. The minimum absolute atomic E-state index is 0.0793. The number of esters is 2. The smallest absolute Gasteiger partial charge is 0.343 e. The Bertz CT molecular complexity index is 1090. The zero-order chi connectivity index (χ0) is 22.1. The molecule has 0 radical (unpaired) electrons. The summed E-state index contributed by atoms with van der Waals surface area (Å²) in [6, 6.07) is 10.1. The van der Waals surface area contributed by atoms with Gasteiger partial charge in [-0.3, -0.25) is 5.21 Å². The van der Waals surface area contributed by atoms with Gasteiger partial charge in [-0.25, -0.2) is 9.59 Å². The van der Waals surface area contributed by atoms with Gasteiger partial charge in [0.25, 0.3) is 0 Å². The van der Waals surface area contributed by atoms with E-state index in [-0.39, 0.29) is 28.8 Å². The molecule has 0 fully saturated rings. The van der Waals surface area contributed by atoms with Crippen molar-refractivity contribution in [2.24, 2.45) is 0 Å². The van der Waals surface area contributed by atoms with Gasteiger partial charge in [0, 0.05) is 10.8 Å². The first-order chi connectivity index (χ1) is 14.1. The van der Waals surface area contributed by atoms with Crippen LogP contribution in [0.3, 0.4) is 0 Å². The molecule has 0 spiro atoms. The van der Waals surface area contributed by atoms with Gasteiger partial charge in [0.2, 0.25) is 0 Å². The lowest BCUT2D eigenvalue weighted by Gasteiger charge is -2.21. The Morgan fingerprint density at radius 1 is 1.13 bits per heavy atom. The minimum Gasteiger partial charge on any atom is -0.733 e. The van der Waals surface area contributed by atoms with Crippen LogP contribution in [0.25, 0.3) is 11.0 Å². The Morgan fingerprint density at radius 2 is 1.87 bits per heavy atom. The van der Waals surface area contributed by atoms with Crippen molar-refractivity contribution >= 4 is 28.6 Å². The SMILES string of the molecule is CCOC(=O)c1c(C(C)(C)C)oc2ccc(OC(=O)c3cccc(N([O-])O)c3)cc12. The fourth-order valence-electron chi connectivity index (χ4n) is 2.99. The lowest BCUT2D eigenvalue weighted by atomic mass is 9.89. The molecular weight excluding hydrogens is 390 g/mol. The van der Waals surface area contributed by atoms with Crippen molar-refractivity contribution in [1.29, 1.82) is 0 Å². The van der Waals surface area contributed by atoms with Crippen LogP contribution in [0.4, 0.5) is 5.69 Å². The van der Waals surface area contributed by atoms with Gasteiger partial charge in [-0.05, 0) is 43.3 Å². The summed E-state index contributed by atoms with van der Waals surface area (Å²) >= 11 is 0. The third kappa shape index (κ3) is 4.29. The van der Waals surface area contributed by atoms with Crippen LogP contribution in [0.15, 0.2) is 46.9 Å². The Labute approximate surface area is 173 Å². The highest BCUT2D eigenvalue weighted by Crippen LogP contribution is 2.36. The van der Waals surface area contributed by atoms with Crippen molar-refractivity contribution < 1.29 is 28.7 Å². The first-order valence-corrected chi connectivity index (χ1v) is 9.34. The number of ether oxygens (including phenoxy) is 2. The quantitative estimate of drug-likeness (QED) is 0.361. The number of benzene rings is 2. The number of carbonyl (C=O) groups excluding carboxylic acids is 2. The van der Waals surface area contributed by atoms with Crippen LogP contribution in [-0.2, 0) is 10.2 Å². The fraction of sp³-hybridized carbons (Fsp3) is 0.273. The van der Waals surface area contributed by atoms with Gasteiger partial charge in [0.15, 0.2) is 0 Å². The molecule has 0 saturated carbocycles. The molecule has 0 bridgehead atoms. The van der Waals surface area contributed by atoms with Crippen LogP contribution in [0.5, 0.6) is 5.75 Å². The zero-order valence-corrected chi connectivity index (χ0v) is 17.1. The van der Waals surface area contributed by atoms with Crippen molar-refractivity contribution in [2.45, 2.75) is 33.1 Å². The summed E-state index contributed by atoms with van der Waals surface area (Å²) in [6.07, 6.45) is 0. The minimum atomic E-state index is -0.727. The van der Waals surface area contributed by atoms with Crippen LogP contribution >= 0.6 is 0 Å². The molecule has 30 heavy (non-hydrogen) atoms. The van der Waals surface area contributed by atoms with Crippen LogP contribution in [0.2, 0.25) is 0 Å². The zero-order valence-electron chi connectivity index (χ0n) is 17.1. The number of fused-ring (bicyclic) bond motifs is 1. The summed E-state index contributed by atoms with van der Waals surface area (Å²) < 4.78 is 16.5. The number of furan rings is 1. The van der Waals surface area contributed by atoms with Crippen LogP contribution < -0.4 is 9.96 Å². The monoisotopic (exact) mass is 412 g/mol. The Morgan fingerprint density at radius 3 is 2.50 bits per heavy atom. The van der Waals surface area contributed by atoms with Gasteiger partial charge < -0.3 is 24.3 Å². The summed E-state index contributed by atoms with van der Waals surface area (Å²) in [5, 5.41) is 20.2. The Balaban J connectivity index is 2.00. The van der Waals surface area contributed by atoms with Gasteiger partial charge >= 0.3 is 11.9 Å². The van der Waals surface area contributed by atoms with Crippen molar-refractivity contribution in [2.75, 3.05) is 11.8 Å². The number of nitrogens with zero attached hydrogens (tertiary/aromatic N) is 1. The van der Waals surface area contributed by atoms with Gasteiger partial charge in [-0.2, -0.15) is 0 Å². The summed E-state index contributed by atoms with van der Waals surface area (Å²) in [5.41, 5.74) is 0.283. The lowest BCUT2D eigenvalue weighted by Crippen LogP contribution is -2.16. The maximum atomic E-state index is 12.6. The Hall–Kier alpha value is -3.36. The highest BCUT2D eigenvalue weighted by molar-refractivity contribution is 6.05. The maximum absolute atomic E-state index is 12.6. The highest BCUT2D eigenvalue weighted by Gasteiger charge is 2.30. The first-order valence-electron chi connectivity index (χ1n) is 9.34. The molecule has 1 N–H and O–H groups in total. The fourth-order valence-corrected chi connectivity index (χ4v) is 2.99. The van der Waals surface area contributed by atoms with Crippen molar-refractivity contribution in [1.82, 2.24) is 0 Å². The molecule has 1 heterocycles. The first kappa shape index (κ1) is 21.4. The molecule has 0 amide bonds. The van der Waals surface area contributed by atoms with Crippen molar-refractivity contribution in [3.8, 4) is 5.75 Å². The van der Waals surface area contributed by atoms with Crippen LogP contribution in [0, 0.1) is 5.21 Å². The van der Waals surface area contributed by atoms with E-state index >= 15 is 0 Å². The predicted octanol–water partition coefficient (Wildman–Crippen LogP) is 4.82. The standard InChI is InChI=1S/C22H22NO7/c1-5-28-21(25)18-16-12-15(9-10-17(16)30-19(18)22(2,3)4)29-20(24)13-7-6-8-14(11-13)23(26)27/h6-12,26H,5H2,1-4H3/q-1. The molecule has 8 nitrogen and oxygen atoms in total. The van der Waals surface area contributed by atoms with E-state index in [1.54, 1.807) is 19.1 Å². The largest absolute Gasteiger partial charge is 0.733 e. The third-order valence-corrected chi connectivity index (χ3v) is 4.33. The van der Waals surface area contributed by atoms with Crippen molar-refractivity contribution in [3.63, 3.8) is 0 Å². The second kappa shape index (κ2) is 8.17. The molecule has 158 valence electrons. The molecule has 3 aromatic rings. The molecule has 0 aliphatic heterocycles. The molecule has 8 heteroatoms. The molecule has 3 rings (SSSR count). The number of carbonyl (C=O) groups is 2. The normalized spacial score (nSPS) is 11.4. The van der Waals surface area contributed by atoms with E-state index in [4.69, 9.17) is 19.1 Å². The topological polar surface area (TPSA) is 112 Å². The second-order valence-electron chi connectivity index (χ2n) is 7.65. The maximum Gasteiger partial charge on any atom is 0.343 e. The van der Waals surface area contributed by atoms with E-state index < -0.39 is 17.4 Å². The van der Waals surface area contributed by atoms with Gasteiger partial charge in [0.1, 0.15) is 22.7 Å². The third-order valence-electron chi connectivity index (χ3n) is 4.33. The van der Waals surface area contributed by atoms with E-state index in [0.29, 0.717) is 22.3 Å². The second-order valence-corrected chi connectivity index (χ2v) is 7.65. The summed E-state index contributed by atoms with van der Waals surface area (Å²) in [5.74, 6) is -0.579. The molecule has 1 aromatic heterocycles. The summed E-state index contributed by atoms with van der Waals surface area (Å²) in [6.45, 7) is 7.68. The molecule has 0 aliphatic rings. The molecule has 0 atom stereocenters. The summed E-state index contributed by atoms with van der Waals surface area (Å²) in [7, 11) is 0. The van der Waals surface area contributed by atoms with Gasteiger partial charge in [-0.15, -0.1) is 0 Å². The number of anilines is 1. The summed E-state index contributed by atoms with van der Waals surface area (Å²) in [4.78, 5) is 25.1. The molecular formula is C22H22NO7-. The van der Waals surface area contributed by atoms with E-state index in [2.05, 4.69) is 0 Å². The van der Waals surface area contributed by atoms with Crippen LogP contribution in [0.1, 0.15) is 54.2 Å². The molecule has 0 unspecified atom stereocenters. The van der Waals surface area contributed by atoms with Gasteiger partial charge in [-0.1, -0.05) is 26.8 Å². The number of hydrogen-bond donors (Lipinski definition) is 1. The van der Waals surface area contributed by atoms with Crippen LogP contribution in [-0.4, -0.2) is 23.8 Å². The van der Waals surface area contributed by atoms with E-state index in [1.807, 2.05) is 20.8 Å². The molecule has 0 saturated heterocycles. The molecule has 2 aromatic carbocycles. The predicted molar refractivity (Wildman–Crippen MR) is 110 cm³/mol. The van der Waals surface area contributed by atoms with E-state index in [9.17, 15) is 14.8 Å². The molecule has 0 aliphatic carbocycles. The van der Waals surface area contributed by atoms with E-state index in [0.717, 1.165) is 0 Å². The average Bonchev–Trinajstić information content (AvgIpc) is 3.07. The number of rotatable bonds is 5. The van der Waals surface area contributed by atoms with Crippen molar-refractivity contribution in [3.05, 3.63) is 64.6 Å².